The van der Waals surface area contributed by atoms with E-state index in [1.54, 1.807) is 0 Å². The van der Waals surface area contributed by atoms with E-state index in [0.29, 0.717) is 6.42 Å². The van der Waals surface area contributed by atoms with Crippen LogP contribution in [-0.2, 0) is 17.4 Å². The van der Waals surface area contributed by atoms with Crippen LogP contribution in [0.4, 0.5) is 18.9 Å². The van der Waals surface area contributed by atoms with Crippen molar-refractivity contribution in [2.45, 2.75) is 18.6 Å². The molecule has 1 aliphatic rings. The van der Waals surface area contributed by atoms with Gasteiger partial charge >= 0.3 is 6.18 Å². The number of carbonyl (C=O) groups is 1. The Balaban J connectivity index is 1.61. The topological polar surface area (TPSA) is 48.1 Å². The standard InChI is InChI=1S/C19H14F3N3OS/c20-19(21,22)12-4-3-5-13(9-12)25-17(26)16(24-18(25)27)8-11-10-23-15-7-2-1-6-14(11)15/h1-7,9-10,16,23H,8H2,(H,24,27). The molecule has 1 fully saturated rings. The number of halogens is 3. The summed E-state index contributed by atoms with van der Waals surface area (Å²) in [5.41, 5.74) is 1.17. The molecule has 1 aromatic heterocycles. The number of alkyl halides is 3. The van der Waals surface area contributed by atoms with Gasteiger partial charge < -0.3 is 10.3 Å². The molecule has 2 aromatic carbocycles. The van der Waals surface area contributed by atoms with Crippen LogP contribution < -0.4 is 10.2 Å². The lowest BCUT2D eigenvalue weighted by molar-refractivity contribution is -0.137. The molecule has 1 amide bonds. The molecule has 1 atom stereocenters. The number of hydrogen-bond donors (Lipinski definition) is 2. The molecule has 0 aliphatic carbocycles. The first-order valence-corrected chi connectivity index (χ1v) is 8.62. The SMILES string of the molecule is O=C1C(Cc2c[nH]c3ccccc23)NC(=S)N1c1cccc(C(F)(F)F)c1. The molecule has 3 aromatic rings. The van der Waals surface area contributed by atoms with Gasteiger partial charge in [0.25, 0.3) is 5.91 Å². The fraction of sp³-hybridized carbons (Fsp3) is 0.158. The molecule has 1 aliphatic heterocycles. The first kappa shape index (κ1) is 17.5. The number of para-hydroxylation sites is 1. The van der Waals surface area contributed by atoms with Gasteiger partial charge in [0.1, 0.15) is 6.04 Å². The van der Waals surface area contributed by atoms with E-state index in [-0.39, 0.29) is 16.7 Å². The third-order valence-corrected chi connectivity index (χ3v) is 4.85. The highest BCUT2D eigenvalue weighted by Gasteiger charge is 2.38. The Bertz CT molecular complexity index is 1040. The first-order valence-electron chi connectivity index (χ1n) is 8.21. The Labute approximate surface area is 158 Å². The zero-order valence-electron chi connectivity index (χ0n) is 13.9. The summed E-state index contributed by atoms with van der Waals surface area (Å²) in [5.74, 6) is -0.371. The third-order valence-electron chi connectivity index (χ3n) is 4.55. The number of rotatable bonds is 3. The van der Waals surface area contributed by atoms with E-state index in [4.69, 9.17) is 12.2 Å². The predicted octanol–water partition coefficient (Wildman–Crippen LogP) is 4.02. The Kier molecular flexibility index (Phi) is 4.15. The Hall–Kier alpha value is -2.87. The summed E-state index contributed by atoms with van der Waals surface area (Å²) in [6, 6.07) is 11.7. The van der Waals surface area contributed by atoms with Crippen LogP contribution in [0.15, 0.2) is 54.7 Å². The monoisotopic (exact) mass is 389 g/mol. The number of aromatic amines is 1. The fourth-order valence-electron chi connectivity index (χ4n) is 3.26. The van der Waals surface area contributed by atoms with Crippen molar-refractivity contribution in [3.05, 3.63) is 65.9 Å². The summed E-state index contributed by atoms with van der Waals surface area (Å²) in [4.78, 5) is 17.1. The number of fused-ring (bicyclic) bond motifs is 1. The Morgan fingerprint density at radius 3 is 2.67 bits per heavy atom. The van der Waals surface area contributed by atoms with Crippen molar-refractivity contribution in [2.24, 2.45) is 0 Å². The quantitative estimate of drug-likeness (QED) is 0.666. The lowest BCUT2D eigenvalue weighted by Crippen LogP contribution is -2.32. The van der Waals surface area contributed by atoms with Gasteiger partial charge in [-0.25, -0.2) is 0 Å². The van der Waals surface area contributed by atoms with Gasteiger partial charge in [-0.1, -0.05) is 24.3 Å². The highest BCUT2D eigenvalue weighted by molar-refractivity contribution is 7.80. The highest BCUT2D eigenvalue weighted by atomic mass is 32.1. The van der Waals surface area contributed by atoms with Crippen LogP contribution in [0, 0.1) is 0 Å². The molecule has 2 heterocycles. The molecule has 1 saturated heterocycles. The van der Waals surface area contributed by atoms with E-state index in [1.807, 2.05) is 30.5 Å². The lowest BCUT2D eigenvalue weighted by atomic mass is 10.0. The number of benzene rings is 2. The van der Waals surface area contributed by atoms with Gasteiger partial charge in [0.2, 0.25) is 0 Å². The number of thiocarbonyl (C=S) groups is 1. The molecule has 2 N–H and O–H groups in total. The second-order valence-corrected chi connectivity index (χ2v) is 6.67. The van der Waals surface area contributed by atoms with E-state index in [9.17, 15) is 18.0 Å². The molecular formula is C19H14F3N3OS. The number of aromatic nitrogens is 1. The van der Waals surface area contributed by atoms with Gasteiger partial charge in [0.15, 0.2) is 5.11 Å². The molecule has 0 spiro atoms. The molecule has 27 heavy (non-hydrogen) atoms. The van der Waals surface area contributed by atoms with Gasteiger partial charge in [-0.05, 0) is 42.0 Å². The molecule has 1 unspecified atom stereocenters. The molecule has 4 rings (SSSR count). The average Bonchev–Trinajstić information content (AvgIpc) is 3.16. The number of H-pyrrole nitrogens is 1. The molecule has 0 radical (unpaired) electrons. The molecule has 138 valence electrons. The minimum absolute atomic E-state index is 0.101. The molecular weight excluding hydrogens is 375 g/mol. The Morgan fingerprint density at radius 1 is 1.11 bits per heavy atom. The van der Waals surface area contributed by atoms with Crippen LogP contribution in [-0.4, -0.2) is 22.0 Å². The number of amides is 1. The van der Waals surface area contributed by atoms with Gasteiger partial charge in [-0.3, -0.25) is 9.69 Å². The highest BCUT2D eigenvalue weighted by Crippen LogP contribution is 2.32. The summed E-state index contributed by atoms with van der Waals surface area (Å²) in [6.45, 7) is 0. The van der Waals surface area contributed by atoms with Crippen LogP contribution >= 0.6 is 12.2 Å². The summed E-state index contributed by atoms with van der Waals surface area (Å²) in [5, 5.41) is 4.02. The van der Waals surface area contributed by atoms with Crippen molar-refractivity contribution in [2.75, 3.05) is 4.90 Å². The summed E-state index contributed by atoms with van der Waals surface area (Å²) in [6.07, 6.45) is -2.29. The van der Waals surface area contributed by atoms with E-state index >= 15 is 0 Å². The average molecular weight is 389 g/mol. The molecule has 0 bridgehead atoms. The van der Waals surface area contributed by atoms with Crippen molar-refractivity contribution in [3.63, 3.8) is 0 Å². The maximum atomic E-state index is 13.0. The van der Waals surface area contributed by atoms with Crippen molar-refractivity contribution in [3.8, 4) is 0 Å². The number of nitrogens with one attached hydrogen (secondary N) is 2. The maximum Gasteiger partial charge on any atom is 0.416 e. The van der Waals surface area contributed by atoms with Gasteiger partial charge in [0, 0.05) is 23.5 Å². The lowest BCUT2D eigenvalue weighted by Gasteiger charge is -2.17. The zero-order chi connectivity index (χ0) is 19.2. The van der Waals surface area contributed by atoms with Crippen molar-refractivity contribution in [1.29, 1.82) is 0 Å². The van der Waals surface area contributed by atoms with Crippen molar-refractivity contribution < 1.29 is 18.0 Å². The van der Waals surface area contributed by atoms with Crippen molar-refractivity contribution in [1.82, 2.24) is 10.3 Å². The van der Waals surface area contributed by atoms with Crippen LogP contribution in [0.5, 0.6) is 0 Å². The minimum Gasteiger partial charge on any atom is -0.361 e. The van der Waals surface area contributed by atoms with Crippen LogP contribution in [0.1, 0.15) is 11.1 Å². The normalized spacial score (nSPS) is 17.6. The van der Waals surface area contributed by atoms with Gasteiger partial charge in [-0.2, -0.15) is 13.2 Å². The fourth-order valence-corrected chi connectivity index (χ4v) is 3.59. The molecule has 8 heteroatoms. The smallest absolute Gasteiger partial charge is 0.361 e. The molecule has 0 saturated carbocycles. The van der Waals surface area contributed by atoms with Gasteiger partial charge in [-0.15, -0.1) is 0 Å². The van der Waals surface area contributed by atoms with Crippen LogP contribution in [0.25, 0.3) is 10.9 Å². The largest absolute Gasteiger partial charge is 0.416 e. The second kappa shape index (κ2) is 6.38. The molecule has 4 nitrogen and oxygen atoms in total. The van der Waals surface area contributed by atoms with E-state index in [1.165, 1.54) is 12.1 Å². The minimum atomic E-state index is -4.49. The first-order chi connectivity index (χ1) is 12.8. The zero-order valence-corrected chi connectivity index (χ0v) is 14.7. The van der Waals surface area contributed by atoms with Gasteiger partial charge in [0.05, 0.1) is 11.3 Å². The Morgan fingerprint density at radius 2 is 1.89 bits per heavy atom. The number of carbonyl (C=O) groups excluding carboxylic acids is 1. The predicted molar refractivity (Wildman–Crippen MR) is 100 cm³/mol. The summed E-state index contributed by atoms with van der Waals surface area (Å²) >= 11 is 5.21. The number of hydrogen-bond acceptors (Lipinski definition) is 2. The maximum absolute atomic E-state index is 13.0. The summed E-state index contributed by atoms with van der Waals surface area (Å²) in [7, 11) is 0. The van der Waals surface area contributed by atoms with Crippen molar-refractivity contribution >= 4 is 39.8 Å². The van der Waals surface area contributed by atoms with E-state index in [0.717, 1.165) is 33.5 Å². The third kappa shape index (κ3) is 3.16. The van der Waals surface area contributed by atoms with E-state index < -0.39 is 17.8 Å². The number of nitrogens with zero attached hydrogens (tertiary/aromatic N) is 1. The van der Waals surface area contributed by atoms with Crippen LogP contribution in [0.3, 0.4) is 0 Å². The summed E-state index contributed by atoms with van der Waals surface area (Å²) < 4.78 is 38.9. The van der Waals surface area contributed by atoms with E-state index in [2.05, 4.69) is 10.3 Å². The van der Waals surface area contributed by atoms with Crippen LogP contribution in [0.2, 0.25) is 0 Å². The number of anilines is 1. The second-order valence-electron chi connectivity index (χ2n) is 6.29.